The summed E-state index contributed by atoms with van der Waals surface area (Å²) in [4.78, 5) is 13.3. The predicted molar refractivity (Wildman–Crippen MR) is 100 cm³/mol. The lowest BCUT2D eigenvalue weighted by atomic mass is 10.0. The van der Waals surface area contributed by atoms with Crippen molar-refractivity contribution in [1.82, 2.24) is 15.1 Å². The lowest BCUT2D eigenvalue weighted by Crippen LogP contribution is -2.35. The molecular formula is C17H14BrF3N4O2S. The SMILES string of the molecule is O=C(NCc1ccco1)c1nn2c(c1Br)NC(c1cccs1)CC2C(F)(F)F. The molecule has 0 bridgehead atoms. The fraction of sp³-hybridized carbons (Fsp3) is 0.294. The number of amides is 1. The third-order valence-corrected chi connectivity index (χ3v) is 6.14. The molecule has 0 aliphatic carbocycles. The van der Waals surface area contributed by atoms with Crippen molar-refractivity contribution < 1.29 is 22.4 Å². The molecule has 2 N–H and O–H groups in total. The quantitative estimate of drug-likeness (QED) is 0.564. The Morgan fingerprint density at radius 1 is 1.43 bits per heavy atom. The van der Waals surface area contributed by atoms with Crippen molar-refractivity contribution in [2.75, 3.05) is 5.32 Å². The highest BCUT2D eigenvalue weighted by Crippen LogP contribution is 2.46. The number of nitrogens with zero attached hydrogens (tertiary/aromatic N) is 2. The summed E-state index contributed by atoms with van der Waals surface area (Å²) in [6, 6.07) is 4.58. The van der Waals surface area contributed by atoms with E-state index in [0.29, 0.717) is 5.76 Å². The Labute approximate surface area is 169 Å². The number of halogens is 4. The third-order valence-electron chi connectivity index (χ3n) is 4.40. The van der Waals surface area contributed by atoms with Gasteiger partial charge >= 0.3 is 6.18 Å². The van der Waals surface area contributed by atoms with Crippen LogP contribution in [0.25, 0.3) is 0 Å². The molecule has 28 heavy (non-hydrogen) atoms. The molecule has 0 aromatic carbocycles. The average Bonchev–Trinajstić information content (AvgIpc) is 3.40. The lowest BCUT2D eigenvalue weighted by molar-refractivity contribution is -0.173. The molecule has 0 saturated heterocycles. The topological polar surface area (TPSA) is 72.1 Å². The number of hydrogen-bond acceptors (Lipinski definition) is 5. The summed E-state index contributed by atoms with van der Waals surface area (Å²) >= 11 is 4.63. The van der Waals surface area contributed by atoms with Gasteiger partial charge in [0.05, 0.1) is 23.3 Å². The van der Waals surface area contributed by atoms with Gasteiger partial charge in [0.15, 0.2) is 11.7 Å². The van der Waals surface area contributed by atoms with Crippen LogP contribution in [0.5, 0.6) is 0 Å². The van der Waals surface area contributed by atoms with Crippen molar-refractivity contribution in [2.24, 2.45) is 0 Å². The second-order valence-electron chi connectivity index (χ2n) is 6.22. The second kappa shape index (κ2) is 7.28. The maximum absolute atomic E-state index is 13.7. The second-order valence-corrected chi connectivity index (χ2v) is 8.00. The first-order chi connectivity index (χ1) is 13.3. The molecule has 1 aliphatic rings. The summed E-state index contributed by atoms with van der Waals surface area (Å²) in [5, 5.41) is 11.5. The average molecular weight is 475 g/mol. The number of nitrogens with one attached hydrogen (secondary N) is 2. The van der Waals surface area contributed by atoms with E-state index in [9.17, 15) is 18.0 Å². The van der Waals surface area contributed by atoms with E-state index in [1.165, 1.54) is 17.6 Å². The number of alkyl halides is 3. The van der Waals surface area contributed by atoms with Crippen LogP contribution in [0, 0.1) is 0 Å². The maximum atomic E-state index is 13.7. The molecule has 3 aromatic heterocycles. The summed E-state index contributed by atoms with van der Waals surface area (Å²) in [5.41, 5.74) is -0.116. The number of carbonyl (C=O) groups is 1. The summed E-state index contributed by atoms with van der Waals surface area (Å²) < 4.78 is 47.3. The zero-order chi connectivity index (χ0) is 19.9. The Hall–Kier alpha value is -2.27. The van der Waals surface area contributed by atoms with Crippen molar-refractivity contribution >= 4 is 39.0 Å². The Bertz CT molecular complexity index is 970. The van der Waals surface area contributed by atoms with E-state index in [1.807, 2.05) is 5.38 Å². The van der Waals surface area contributed by atoms with Gasteiger partial charge in [-0.05, 0) is 39.5 Å². The number of furan rings is 1. The molecule has 0 saturated carbocycles. The first-order valence-electron chi connectivity index (χ1n) is 8.30. The van der Waals surface area contributed by atoms with E-state index in [-0.39, 0.29) is 29.0 Å². The van der Waals surface area contributed by atoms with Gasteiger partial charge in [-0.3, -0.25) is 4.79 Å². The predicted octanol–water partition coefficient (Wildman–Crippen LogP) is 4.89. The minimum Gasteiger partial charge on any atom is -0.467 e. The standard InChI is InChI=1S/C17H14BrF3N4O2S/c18-13-14(16(26)22-8-9-3-1-5-27-9)24-25-12(17(19,20)21)7-10(23-15(13)25)11-4-2-6-28-11/h1-6,10,12,23H,7-8H2,(H,22,26). The van der Waals surface area contributed by atoms with Crippen molar-refractivity contribution in [2.45, 2.75) is 31.2 Å². The molecule has 148 valence electrons. The van der Waals surface area contributed by atoms with E-state index < -0.39 is 24.2 Å². The number of thiophene rings is 1. The van der Waals surface area contributed by atoms with Crippen LogP contribution >= 0.6 is 27.3 Å². The first-order valence-corrected chi connectivity index (χ1v) is 9.97. The zero-order valence-corrected chi connectivity index (χ0v) is 16.6. The van der Waals surface area contributed by atoms with Crippen LogP contribution in [0.4, 0.5) is 19.0 Å². The molecule has 1 aliphatic heterocycles. The van der Waals surface area contributed by atoms with Gasteiger partial charge in [0, 0.05) is 11.3 Å². The molecule has 0 radical (unpaired) electrons. The van der Waals surface area contributed by atoms with E-state index in [1.54, 1.807) is 24.3 Å². The number of anilines is 1. The Morgan fingerprint density at radius 2 is 2.25 bits per heavy atom. The van der Waals surface area contributed by atoms with Crippen LogP contribution in [0.3, 0.4) is 0 Å². The van der Waals surface area contributed by atoms with E-state index in [2.05, 4.69) is 31.7 Å². The Kier molecular flexibility index (Phi) is 4.96. The van der Waals surface area contributed by atoms with Crippen molar-refractivity contribution in [1.29, 1.82) is 0 Å². The van der Waals surface area contributed by atoms with Crippen LogP contribution in [0.1, 0.15) is 39.6 Å². The first kappa shape index (κ1) is 19.1. The molecule has 6 nitrogen and oxygen atoms in total. The van der Waals surface area contributed by atoms with Crippen molar-refractivity contribution in [3.05, 3.63) is 56.7 Å². The number of carbonyl (C=O) groups excluding carboxylic acids is 1. The zero-order valence-electron chi connectivity index (χ0n) is 14.2. The van der Waals surface area contributed by atoms with Crippen LogP contribution in [-0.4, -0.2) is 21.9 Å². The van der Waals surface area contributed by atoms with Crippen LogP contribution in [0.15, 0.2) is 44.8 Å². The highest BCUT2D eigenvalue weighted by Gasteiger charge is 2.47. The number of aromatic nitrogens is 2. The summed E-state index contributed by atoms with van der Waals surface area (Å²) in [5.74, 6) is 0.0631. The molecule has 0 spiro atoms. The molecule has 11 heteroatoms. The van der Waals surface area contributed by atoms with Gasteiger partial charge in [-0.15, -0.1) is 11.3 Å². The third kappa shape index (κ3) is 3.55. The fourth-order valence-corrected chi connectivity index (χ4v) is 4.42. The maximum Gasteiger partial charge on any atom is 0.410 e. The van der Waals surface area contributed by atoms with Gasteiger partial charge in [0.2, 0.25) is 0 Å². The number of fused-ring (bicyclic) bond motifs is 1. The normalized spacial score (nSPS) is 19.1. The Balaban J connectivity index is 1.65. The van der Waals surface area contributed by atoms with Gasteiger partial charge in [-0.2, -0.15) is 18.3 Å². The molecule has 1 amide bonds. The monoisotopic (exact) mass is 474 g/mol. The van der Waals surface area contributed by atoms with E-state index >= 15 is 0 Å². The van der Waals surface area contributed by atoms with Gasteiger partial charge < -0.3 is 15.1 Å². The van der Waals surface area contributed by atoms with E-state index in [0.717, 1.165) is 9.56 Å². The highest BCUT2D eigenvalue weighted by atomic mass is 79.9. The smallest absolute Gasteiger partial charge is 0.410 e. The molecule has 3 aromatic rings. The highest BCUT2D eigenvalue weighted by molar-refractivity contribution is 9.10. The molecular weight excluding hydrogens is 461 g/mol. The van der Waals surface area contributed by atoms with Crippen LogP contribution in [-0.2, 0) is 6.54 Å². The summed E-state index contributed by atoms with van der Waals surface area (Å²) in [7, 11) is 0. The van der Waals surface area contributed by atoms with Crippen LogP contribution in [0.2, 0.25) is 0 Å². The van der Waals surface area contributed by atoms with Gasteiger partial charge in [-0.1, -0.05) is 6.07 Å². The van der Waals surface area contributed by atoms with Gasteiger partial charge in [0.25, 0.3) is 5.91 Å². The molecule has 2 unspecified atom stereocenters. The Morgan fingerprint density at radius 3 is 2.89 bits per heavy atom. The molecule has 0 fully saturated rings. The molecule has 4 heterocycles. The van der Waals surface area contributed by atoms with Gasteiger partial charge in [0.1, 0.15) is 11.6 Å². The minimum absolute atomic E-state index is 0.106. The largest absolute Gasteiger partial charge is 0.467 e. The summed E-state index contributed by atoms with van der Waals surface area (Å²) in [6.45, 7) is 0.106. The van der Waals surface area contributed by atoms with Crippen LogP contribution < -0.4 is 10.6 Å². The van der Waals surface area contributed by atoms with Gasteiger partial charge in [-0.25, -0.2) is 4.68 Å². The molecule has 4 rings (SSSR count). The van der Waals surface area contributed by atoms with E-state index in [4.69, 9.17) is 4.42 Å². The van der Waals surface area contributed by atoms with Crippen molar-refractivity contribution in [3.8, 4) is 0 Å². The van der Waals surface area contributed by atoms with Crippen molar-refractivity contribution in [3.63, 3.8) is 0 Å². The number of hydrogen-bond donors (Lipinski definition) is 2. The minimum atomic E-state index is -4.50. The lowest BCUT2D eigenvalue weighted by Gasteiger charge is -2.33. The molecule has 2 atom stereocenters. The summed E-state index contributed by atoms with van der Waals surface area (Å²) in [6.07, 6.45) is -3.24. The number of rotatable bonds is 4. The fourth-order valence-electron chi connectivity index (χ4n) is 3.07.